The third kappa shape index (κ3) is 4.16. The lowest BCUT2D eigenvalue weighted by Crippen LogP contribution is -2.45. The van der Waals surface area contributed by atoms with Crippen molar-refractivity contribution >= 4 is 34.8 Å². The molecule has 1 aliphatic rings. The van der Waals surface area contributed by atoms with Gasteiger partial charge in [-0.25, -0.2) is 0 Å². The molecule has 2 aromatic rings. The predicted molar refractivity (Wildman–Crippen MR) is 96.2 cm³/mol. The number of piperidine rings is 1. The van der Waals surface area contributed by atoms with E-state index in [9.17, 15) is 9.59 Å². The predicted octanol–water partition coefficient (Wildman–Crippen LogP) is 3.57. The molecule has 6 heteroatoms. The first-order valence-corrected chi connectivity index (χ1v) is 9.24. The summed E-state index contributed by atoms with van der Waals surface area (Å²) in [4.78, 5) is 27.9. The summed E-state index contributed by atoms with van der Waals surface area (Å²) in [6.07, 6.45) is 1.66. The number of thiophene rings is 1. The Hall–Kier alpha value is -1.85. The maximum absolute atomic E-state index is 12.6. The maximum Gasteiger partial charge on any atom is 0.253 e. The molecule has 1 saturated heterocycles. The van der Waals surface area contributed by atoms with E-state index in [0.29, 0.717) is 30.2 Å². The largest absolute Gasteiger partial charge is 0.351 e. The first kappa shape index (κ1) is 17.0. The van der Waals surface area contributed by atoms with Crippen molar-refractivity contribution in [1.29, 1.82) is 0 Å². The van der Waals surface area contributed by atoms with Crippen LogP contribution >= 0.6 is 22.9 Å². The first-order chi connectivity index (χ1) is 11.6. The molecule has 1 aromatic heterocycles. The number of halogens is 1. The van der Waals surface area contributed by atoms with E-state index in [1.165, 1.54) is 0 Å². The van der Waals surface area contributed by atoms with E-state index in [-0.39, 0.29) is 17.7 Å². The van der Waals surface area contributed by atoms with Gasteiger partial charge in [0.05, 0.1) is 12.5 Å². The first-order valence-electron chi connectivity index (χ1n) is 7.98. The lowest BCUT2D eigenvalue weighted by atomic mass is 9.96. The average Bonchev–Trinajstić information content (AvgIpc) is 3.13. The number of nitrogens with one attached hydrogen (secondary N) is 1. The summed E-state index contributed by atoms with van der Waals surface area (Å²) in [7, 11) is 0. The van der Waals surface area contributed by atoms with Gasteiger partial charge in [-0.05, 0) is 48.6 Å². The van der Waals surface area contributed by atoms with E-state index >= 15 is 0 Å². The van der Waals surface area contributed by atoms with Gasteiger partial charge in [0.25, 0.3) is 5.91 Å². The molecule has 2 heterocycles. The second-order valence-electron chi connectivity index (χ2n) is 5.89. The Morgan fingerprint density at radius 2 is 2.04 bits per heavy atom. The van der Waals surface area contributed by atoms with Crippen molar-refractivity contribution in [3.63, 3.8) is 0 Å². The quantitative estimate of drug-likeness (QED) is 0.903. The monoisotopic (exact) mass is 362 g/mol. The van der Waals surface area contributed by atoms with Gasteiger partial charge in [0, 0.05) is 28.6 Å². The van der Waals surface area contributed by atoms with Crippen LogP contribution in [0.2, 0.25) is 5.02 Å². The van der Waals surface area contributed by atoms with Gasteiger partial charge >= 0.3 is 0 Å². The Bertz CT molecular complexity index is 700. The number of carbonyl (C=O) groups is 2. The molecule has 4 nitrogen and oxygen atoms in total. The summed E-state index contributed by atoms with van der Waals surface area (Å²) < 4.78 is 0. The minimum Gasteiger partial charge on any atom is -0.351 e. The van der Waals surface area contributed by atoms with Crippen LogP contribution in [0.4, 0.5) is 0 Å². The second-order valence-corrected chi connectivity index (χ2v) is 7.36. The van der Waals surface area contributed by atoms with Gasteiger partial charge in [-0.1, -0.05) is 17.7 Å². The molecule has 1 aromatic carbocycles. The molecule has 0 spiro atoms. The van der Waals surface area contributed by atoms with Crippen molar-refractivity contribution in [2.24, 2.45) is 5.92 Å². The normalized spacial score (nSPS) is 17.5. The van der Waals surface area contributed by atoms with Crippen LogP contribution in [-0.4, -0.2) is 29.8 Å². The van der Waals surface area contributed by atoms with Crippen LogP contribution in [0, 0.1) is 5.92 Å². The molecular weight excluding hydrogens is 344 g/mol. The van der Waals surface area contributed by atoms with Crippen LogP contribution in [0.3, 0.4) is 0 Å². The van der Waals surface area contributed by atoms with Crippen LogP contribution in [0.15, 0.2) is 41.8 Å². The van der Waals surface area contributed by atoms with E-state index in [4.69, 9.17) is 11.6 Å². The van der Waals surface area contributed by atoms with Gasteiger partial charge < -0.3 is 10.2 Å². The van der Waals surface area contributed by atoms with Crippen LogP contribution in [0.25, 0.3) is 0 Å². The lowest BCUT2D eigenvalue weighted by molar-refractivity contribution is -0.126. The highest BCUT2D eigenvalue weighted by atomic mass is 35.5. The molecule has 3 rings (SSSR count). The summed E-state index contributed by atoms with van der Waals surface area (Å²) in [5.74, 6) is -0.158. The molecule has 2 amide bonds. The molecule has 0 aliphatic carbocycles. The number of carbonyl (C=O) groups excluding carboxylic acids is 2. The van der Waals surface area contributed by atoms with Gasteiger partial charge in [-0.2, -0.15) is 0 Å². The summed E-state index contributed by atoms with van der Waals surface area (Å²) in [6.45, 7) is 1.71. The highest BCUT2D eigenvalue weighted by molar-refractivity contribution is 7.09. The standard InChI is InChI=1S/C18H19ClN2O2S/c19-15-7-5-13(6-8-15)18(23)21-9-1-3-14(12-21)17(22)20-11-16-4-2-10-24-16/h2,4-8,10,14H,1,3,9,11-12H2,(H,20,22)/t14-/m1/s1. The average molecular weight is 363 g/mol. The molecule has 1 atom stereocenters. The smallest absolute Gasteiger partial charge is 0.253 e. The molecule has 1 N–H and O–H groups in total. The molecule has 126 valence electrons. The molecule has 0 radical (unpaired) electrons. The molecule has 0 bridgehead atoms. The van der Waals surface area contributed by atoms with E-state index in [0.717, 1.165) is 17.7 Å². The molecule has 0 saturated carbocycles. The van der Waals surface area contributed by atoms with E-state index in [1.54, 1.807) is 40.5 Å². The minimum atomic E-state index is -0.144. The van der Waals surface area contributed by atoms with Crippen molar-refractivity contribution in [2.45, 2.75) is 19.4 Å². The number of nitrogens with zero attached hydrogens (tertiary/aromatic N) is 1. The van der Waals surface area contributed by atoms with Gasteiger partial charge in [0.15, 0.2) is 0 Å². The Kier molecular flexibility index (Phi) is 5.53. The van der Waals surface area contributed by atoms with Crippen molar-refractivity contribution in [3.05, 3.63) is 57.2 Å². The van der Waals surface area contributed by atoms with Crippen LogP contribution in [0.1, 0.15) is 28.1 Å². The van der Waals surface area contributed by atoms with Gasteiger partial charge in [-0.3, -0.25) is 9.59 Å². The zero-order chi connectivity index (χ0) is 16.9. The summed E-state index contributed by atoms with van der Waals surface area (Å²) in [6, 6.07) is 10.9. The Labute approximate surface area is 150 Å². The second kappa shape index (κ2) is 7.81. The van der Waals surface area contributed by atoms with Crippen LogP contribution in [-0.2, 0) is 11.3 Å². The van der Waals surface area contributed by atoms with Crippen molar-refractivity contribution in [3.8, 4) is 0 Å². The van der Waals surface area contributed by atoms with Crippen molar-refractivity contribution in [2.75, 3.05) is 13.1 Å². The minimum absolute atomic E-state index is 0.0250. The van der Waals surface area contributed by atoms with E-state index in [1.807, 2.05) is 17.5 Å². The van der Waals surface area contributed by atoms with E-state index in [2.05, 4.69) is 5.32 Å². The van der Waals surface area contributed by atoms with Crippen LogP contribution in [0.5, 0.6) is 0 Å². The fourth-order valence-corrected chi connectivity index (χ4v) is 3.65. The Balaban J connectivity index is 1.58. The molecule has 0 unspecified atom stereocenters. The lowest BCUT2D eigenvalue weighted by Gasteiger charge is -2.32. The molecule has 1 aliphatic heterocycles. The molecule has 24 heavy (non-hydrogen) atoms. The molecular formula is C18H19ClN2O2S. The number of rotatable bonds is 4. The van der Waals surface area contributed by atoms with Gasteiger partial charge in [0.1, 0.15) is 0 Å². The SMILES string of the molecule is O=C(NCc1cccs1)[C@@H]1CCCN(C(=O)c2ccc(Cl)cc2)C1. The maximum atomic E-state index is 12.6. The third-order valence-corrected chi connectivity index (χ3v) is 5.32. The highest BCUT2D eigenvalue weighted by Crippen LogP contribution is 2.20. The van der Waals surface area contributed by atoms with Gasteiger partial charge in [-0.15, -0.1) is 11.3 Å². The Morgan fingerprint density at radius 1 is 1.25 bits per heavy atom. The Morgan fingerprint density at radius 3 is 2.75 bits per heavy atom. The summed E-state index contributed by atoms with van der Waals surface area (Å²) in [5, 5.41) is 5.58. The van der Waals surface area contributed by atoms with E-state index < -0.39 is 0 Å². The number of likely N-dealkylation sites (tertiary alicyclic amines) is 1. The zero-order valence-corrected chi connectivity index (χ0v) is 14.8. The number of hydrogen-bond donors (Lipinski definition) is 1. The highest BCUT2D eigenvalue weighted by Gasteiger charge is 2.28. The zero-order valence-electron chi connectivity index (χ0n) is 13.2. The summed E-state index contributed by atoms with van der Waals surface area (Å²) >= 11 is 7.49. The van der Waals surface area contributed by atoms with Crippen LogP contribution < -0.4 is 5.32 Å². The molecule has 1 fully saturated rings. The van der Waals surface area contributed by atoms with Crippen molar-refractivity contribution < 1.29 is 9.59 Å². The number of benzene rings is 1. The van der Waals surface area contributed by atoms with Gasteiger partial charge in [0.2, 0.25) is 5.91 Å². The summed E-state index contributed by atoms with van der Waals surface area (Å²) in [5.41, 5.74) is 0.610. The topological polar surface area (TPSA) is 49.4 Å². The number of hydrogen-bond acceptors (Lipinski definition) is 3. The fourth-order valence-electron chi connectivity index (χ4n) is 2.88. The third-order valence-electron chi connectivity index (χ3n) is 4.19. The number of amides is 2. The van der Waals surface area contributed by atoms with Crippen molar-refractivity contribution in [1.82, 2.24) is 10.2 Å². The fraction of sp³-hybridized carbons (Fsp3) is 0.333.